The highest BCUT2D eigenvalue weighted by Crippen LogP contribution is 2.18. The fourth-order valence-electron chi connectivity index (χ4n) is 10.4. The molecular weight excluding hydrogens is 949 g/mol. The molecule has 0 amide bonds. The quantitative estimate of drug-likeness (QED) is 0.0261. The van der Waals surface area contributed by atoms with E-state index >= 15 is 0 Å². The molecule has 0 spiro atoms. The molecule has 0 aromatic rings. The summed E-state index contributed by atoms with van der Waals surface area (Å²) < 4.78 is 16.9. The Labute approximate surface area is 480 Å². The largest absolute Gasteiger partial charge is 0.462 e. The van der Waals surface area contributed by atoms with Crippen LogP contribution in [0.2, 0.25) is 0 Å². The van der Waals surface area contributed by atoms with E-state index < -0.39 is 6.10 Å². The SMILES string of the molecule is CCCC/C=C\C/C=C\CCCCCCCC(=O)OC(COC(=O)CCCCCCC/C=C\CCCCCC)COC(=O)CCCCCCCCCCCCCCCCCCCCCCCCCCCCCCCCCC. The molecule has 0 aliphatic carbocycles. The van der Waals surface area contributed by atoms with Gasteiger partial charge < -0.3 is 14.2 Å². The number of ether oxygens (including phenoxy) is 3. The van der Waals surface area contributed by atoms with E-state index in [2.05, 4.69) is 57.2 Å². The topological polar surface area (TPSA) is 78.9 Å². The molecule has 0 rings (SSSR count). The molecule has 0 saturated carbocycles. The second-order valence-electron chi connectivity index (χ2n) is 23.4. The number of unbranched alkanes of at least 4 members (excludes halogenated alkanes) is 47. The van der Waals surface area contributed by atoms with Gasteiger partial charge in [-0.05, 0) is 70.6 Å². The Balaban J connectivity index is 4.08. The molecular formula is C71H132O6. The van der Waals surface area contributed by atoms with Gasteiger partial charge in [-0.25, -0.2) is 0 Å². The Bertz CT molecular complexity index is 1290. The van der Waals surface area contributed by atoms with Crippen LogP contribution in [0.25, 0.3) is 0 Å². The molecule has 1 atom stereocenters. The lowest BCUT2D eigenvalue weighted by Crippen LogP contribution is -2.30. The zero-order chi connectivity index (χ0) is 55.7. The van der Waals surface area contributed by atoms with Gasteiger partial charge in [-0.3, -0.25) is 14.4 Å². The number of carbonyl (C=O) groups excluding carboxylic acids is 3. The fourth-order valence-corrected chi connectivity index (χ4v) is 10.4. The summed E-state index contributed by atoms with van der Waals surface area (Å²) in [4.78, 5) is 38.3. The highest BCUT2D eigenvalue weighted by Gasteiger charge is 2.19. The standard InChI is InChI=1S/C71H132O6/c1-4-7-10-13-16-19-22-25-27-28-29-30-31-32-33-34-35-36-37-38-39-40-41-42-43-44-47-49-52-55-58-61-64-70(73)76-67-68(66-75-69(72)63-60-57-54-51-48-45-24-21-18-15-12-9-6-3)77-71(74)65-62-59-56-53-50-46-26-23-20-17-14-11-8-5-2/h14,17,21,23-24,26,68H,4-13,15-16,18-20,22,25,27-67H2,1-3H3/b17-14-,24-21-,26-23-. The zero-order valence-corrected chi connectivity index (χ0v) is 52.0. The number of hydrogen-bond acceptors (Lipinski definition) is 6. The van der Waals surface area contributed by atoms with Gasteiger partial charge in [0, 0.05) is 19.3 Å². The molecule has 0 bridgehead atoms. The van der Waals surface area contributed by atoms with E-state index in [0.29, 0.717) is 19.3 Å². The molecule has 77 heavy (non-hydrogen) atoms. The van der Waals surface area contributed by atoms with Crippen LogP contribution in [0, 0.1) is 0 Å². The molecule has 0 aliphatic heterocycles. The van der Waals surface area contributed by atoms with Crippen LogP contribution in [0.4, 0.5) is 0 Å². The molecule has 0 saturated heterocycles. The molecule has 0 aromatic carbocycles. The van der Waals surface area contributed by atoms with E-state index in [1.807, 2.05) is 0 Å². The number of hydrogen-bond donors (Lipinski definition) is 0. The van der Waals surface area contributed by atoms with Crippen LogP contribution < -0.4 is 0 Å². The highest BCUT2D eigenvalue weighted by molar-refractivity contribution is 5.71. The van der Waals surface area contributed by atoms with Gasteiger partial charge in [0.2, 0.25) is 0 Å². The maximum absolute atomic E-state index is 12.9. The number of rotatable bonds is 64. The molecule has 0 heterocycles. The van der Waals surface area contributed by atoms with Crippen molar-refractivity contribution in [2.75, 3.05) is 13.2 Å². The second kappa shape index (κ2) is 66.1. The van der Waals surface area contributed by atoms with Crippen molar-refractivity contribution in [1.29, 1.82) is 0 Å². The summed E-state index contributed by atoms with van der Waals surface area (Å²) >= 11 is 0. The molecule has 6 nitrogen and oxygen atoms in total. The third kappa shape index (κ3) is 64.3. The Hall–Kier alpha value is -2.37. The van der Waals surface area contributed by atoms with Crippen LogP contribution in [0.5, 0.6) is 0 Å². The average molecular weight is 1080 g/mol. The van der Waals surface area contributed by atoms with Gasteiger partial charge in [-0.15, -0.1) is 0 Å². The predicted molar refractivity (Wildman–Crippen MR) is 335 cm³/mol. The Morgan fingerprint density at radius 1 is 0.260 bits per heavy atom. The maximum Gasteiger partial charge on any atom is 0.306 e. The third-order valence-corrected chi connectivity index (χ3v) is 15.6. The molecule has 0 aliphatic rings. The molecule has 0 fully saturated rings. The van der Waals surface area contributed by atoms with Crippen molar-refractivity contribution < 1.29 is 28.6 Å². The minimum absolute atomic E-state index is 0.0767. The van der Waals surface area contributed by atoms with Crippen molar-refractivity contribution in [3.8, 4) is 0 Å². The van der Waals surface area contributed by atoms with Gasteiger partial charge in [-0.1, -0.05) is 327 Å². The zero-order valence-electron chi connectivity index (χ0n) is 52.0. The van der Waals surface area contributed by atoms with Crippen LogP contribution in [0.15, 0.2) is 36.5 Å². The van der Waals surface area contributed by atoms with Crippen LogP contribution in [-0.4, -0.2) is 37.2 Å². The molecule has 0 aromatic heterocycles. The molecule has 0 N–H and O–H groups in total. The van der Waals surface area contributed by atoms with Crippen LogP contribution in [0.3, 0.4) is 0 Å². The van der Waals surface area contributed by atoms with Crippen LogP contribution in [-0.2, 0) is 28.6 Å². The van der Waals surface area contributed by atoms with Crippen molar-refractivity contribution in [3.05, 3.63) is 36.5 Å². The number of carbonyl (C=O) groups is 3. The van der Waals surface area contributed by atoms with E-state index in [1.165, 1.54) is 250 Å². The van der Waals surface area contributed by atoms with Crippen molar-refractivity contribution in [3.63, 3.8) is 0 Å². The van der Waals surface area contributed by atoms with E-state index in [4.69, 9.17) is 14.2 Å². The first kappa shape index (κ1) is 74.6. The Kier molecular flexibility index (Phi) is 64.1. The third-order valence-electron chi connectivity index (χ3n) is 15.6. The summed E-state index contributed by atoms with van der Waals surface area (Å²) in [5.41, 5.74) is 0. The van der Waals surface area contributed by atoms with Crippen molar-refractivity contribution in [2.45, 2.75) is 386 Å². The molecule has 452 valence electrons. The minimum Gasteiger partial charge on any atom is -0.462 e. The smallest absolute Gasteiger partial charge is 0.306 e. The van der Waals surface area contributed by atoms with Gasteiger partial charge in [0.15, 0.2) is 6.10 Å². The molecule has 1 unspecified atom stereocenters. The first-order valence-electron chi connectivity index (χ1n) is 34.5. The lowest BCUT2D eigenvalue weighted by atomic mass is 10.0. The lowest BCUT2D eigenvalue weighted by Gasteiger charge is -2.18. The summed E-state index contributed by atoms with van der Waals surface area (Å²) in [5, 5.41) is 0. The van der Waals surface area contributed by atoms with Crippen molar-refractivity contribution >= 4 is 17.9 Å². The Morgan fingerprint density at radius 3 is 0.779 bits per heavy atom. The minimum atomic E-state index is -0.781. The van der Waals surface area contributed by atoms with Crippen molar-refractivity contribution in [2.24, 2.45) is 0 Å². The summed E-state index contributed by atoms with van der Waals surface area (Å²) in [6.45, 7) is 6.62. The average Bonchev–Trinajstić information content (AvgIpc) is 3.43. The number of allylic oxidation sites excluding steroid dienone is 6. The first-order valence-corrected chi connectivity index (χ1v) is 34.5. The van der Waals surface area contributed by atoms with Gasteiger partial charge in [0.1, 0.15) is 13.2 Å². The van der Waals surface area contributed by atoms with Gasteiger partial charge in [0.25, 0.3) is 0 Å². The first-order chi connectivity index (χ1) is 38.0. The Morgan fingerprint density at radius 2 is 0.481 bits per heavy atom. The highest BCUT2D eigenvalue weighted by atomic mass is 16.6. The van der Waals surface area contributed by atoms with E-state index in [0.717, 1.165) is 89.9 Å². The second-order valence-corrected chi connectivity index (χ2v) is 23.4. The summed E-state index contributed by atoms with van der Waals surface area (Å²) in [6, 6.07) is 0. The van der Waals surface area contributed by atoms with Gasteiger partial charge >= 0.3 is 17.9 Å². The maximum atomic E-state index is 12.9. The van der Waals surface area contributed by atoms with Crippen LogP contribution in [0.1, 0.15) is 380 Å². The monoisotopic (exact) mass is 1080 g/mol. The molecule has 6 heteroatoms. The summed E-state index contributed by atoms with van der Waals surface area (Å²) in [5.74, 6) is -0.878. The molecule has 0 radical (unpaired) electrons. The van der Waals surface area contributed by atoms with Gasteiger partial charge in [-0.2, -0.15) is 0 Å². The fraction of sp³-hybridized carbons (Fsp3) is 0.873. The van der Waals surface area contributed by atoms with E-state index in [-0.39, 0.29) is 31.1 Å². The summed E-state index contributed by atoms with van der Waals surface area (Å²) in [6.07, 6.45) is 81.9. The van der Waals surface area contributed by atoms with Gasteiger partial charge in [0.05, 0.1) is 0 Å². The van der Waals surface area contributed by atoms with Crippen molar-refractivity contribution in [1.82, 2.24) is 0 Å². The van der Waals surface area contributed by atoms with E-state index in [9.17, 15) is 14.4 Å². The van der Waals surface area contributed by atoms with Crippen LogP contribution >= 0.6 is 0 Å². The summed E-state index contributed by atoms with van der Waals surface area (Å²) in [7, 11) is 0. The predicted octanol–water partition coefficient (Wildman–Crippen LogP) is 23.6. The normalized spacial score (nSPS) is 12.2. The van der Waals surface area contributed by atoms with E-state index in [1.54, 1.807) is 0 Å². The number of esters is 3. The lowest BCUT2D eigenvalue weighted by molar-refractivity contribution is -0.167.